The summed E-state index contributed by atoms with van der Waals surface area (Å²) >= 11 is 0. The second kappa shape index (κ2) is 12.5. The molecular weight excluding hydrogens is 657 g/mol. The summed E-state index contributed by atoms with van der Waals surface area (Å²) in [7, 11) is 0. The average Bonchev–Trinajstić information content (AvgIpc) is 3.73. The molecule has 0 aliphatic heterocycles. The second-order valence-corrected chi connectivity index (χ2v) is 14.1. The minimum absolute atomic E-state index is 0.595. The van der Waals surface area contributed by atoms with Gasteiger partial charge < -0.3 is 9.13 Å². The molecule has 4 heteroatoms. The number of hydrogen-bond acceptors (Lipinski definition) is 2. The third-order valence-electron chi connectivity index (χ3n) is 10.8. The predicted octanol–water partition coefficient (Wildman–Crippen LogP) is 12.8. The van der Waals surface area contributed by atoms with Crippen LogP contribution in [-0.2, 0) is 0 Å². The Bertz CT molecular complexity index is 3120. The molecule has 0 saturated heterocycles. The minimum Gasteiger partial charge on any atom is -0.309 e. The molecule has 10 rings (SSSR count). The molecular formula is C50H34N4. The first-order chi connectivity index (χ1) is 26.6. The summed E-state index contributed by atoms with van der Waals surface area (Å²) in [6.07, 6.45) is 3.74. The predicted molar refractivity (Wildman–Crippen MR) is 223 cm³/mol. The van der Waals surface area contributed by atoms with Crippen LogP contribution in [0.15, 0.2) is 170 Å². The van der Waals surface area contributed by atoms with Gasteiger partial charge in [0.1, 0.15) is 0 Å². The Labute approximate surface area is 313 Å². The molecule has 0 fully saturated rings. The minimum atomic E-state index is 0.595. The highest BCUT2D eigenvalue weighted by atomic mass is 15.0. The number of rotatable bonds is 5. The molecule has 54 heavy (non-hydrogen) atoms. The molecule has 0 aliphatic rings. The first-order valence-electron chi connectivity index (χ1n) is 18.3. The van der Waals surface area contributed by atoms with Gasteiger partial charge >= 0.3 is 0 Å². The Hall–Kier alpha value is -7.22. The number of hydrogen-bond donors (Lipinski definition) is 0. The van der Waals surface area contributed by atoms with Crippen molar-refractivity contribution in [3.8, 4) is 50.8 Å². The molecule has 0 radical (unpaired) electrons. The zero-order valence-corrected chi connectivity index (χ0v) is 30.0. The molecule has 254 valence electrons. The van der Waals surface area contributed by atoms with Crippen molar-refractivity contribution >= 4 is 43.6 Å². The van der Waals surface area contributed by atoms with Crippen molar-refractivity contribution in [2.45, 2.75) is 13.8 Å². The summed E-state index contributed by atoms with van der Waals surface area (Å²) in [5.41, 5.74) is 15.9. The van der Waals surface area contributed by atoms with E-state index in [1.165, 1.54) is 54.9 Å². The van der Waals surface area contributed by atoms with E-state index in [0.29, 0.717) is 5.56 Å². The number of nitriles is 1. The fraction of sp³-hybridized carbons (Fsp3) is 0.0400. The smallest absolute Gasteiger partial charge is 0.0998 e. The quantitative estimate of drug-likeness (QED) is 0.180. The van der Waals surface area contributed by atoms with E-state index in [0.717, 1.165) is 44.6 Å². The van der Waals surface area contributed by atoms with E-state index in [9.17, 15) is 5.26 Å². The highest BCUT2D eigenvalue weighted by Crippen LogP contribution is 2.40. The first kappa shape index (κ1) is 31.5. The second-order valence-electron chi connectivity index (χ2n) is 14.1. The Morgan fingerprint density at radius 3 is 1.57 bits per heavy atom. The molecule has 7 aromatic carbocycles. The number of fused-ring (bicyclic) bond motifs is 6. The van der Waals surface area contributed by atoms with Gasteiger partial charge in [-0.15, -0.1) is 0 Å². The van der Waals surface area contributed by atoms with E-state index >= 15 is 0 Å². The average molecular weight is 691 g/mol. The number of aromatic nitrogens is 3. The highest BCUT2D eigenvalue weighted by Gasteiger charge is 2.20. The normalized spacial score (nSPS) is 11.5. The number of benzene rings is 7. The van der Waals surface area contributed by atoms with Gasteiger partial charge in [0.2, 0.25) is 0 Å². The van der Waals surface area contributed by atoms with Gasteiger partial charge in [-0.3, -0.25) is 4.98 Å². The monoisotopic (exact) mass is 690 g/mol. The van der Waals surface area contributed by atoms with E-state index in [-0.39, 0.29) is 0 Å². The zero-order valence-electron chi connectivity index (χ0n) is 30.0. The Morgan fingerprint density at radius 1 is 0.463 bits per heavy atom. The lowest BCUT2D eigenvalue weighted by Crippen LogP contribution is -2.01. The van der Waals surface area contributed by atoms with Gasteiger partial charge in [0.15, 0.2) is 0 Å². The standard InChI is InChI=1S/C50H34N4/c1-32-11-15-34(16-12-32)36-20-23-48-43(27-36)40-7-3-5-9-46(40)53(48)39-22-19-38(30-51)42(29-39)45-31-52-26-25-50(45)54-47-10-6-4-8-41(47)44-28-37(21-24-49(44)54)35-17-13-33(2)14-18-35/h3-29,31H,1-2H3. The van der Waals surface area contributed by atoms with E-state index in [2.05, 4.69) is 186 Å². The van der Waals surface area contributed by atoms with E-state index in [1.807, 2.05) is 18.5 Å². The third kappa shape index (κ3) is 5.02. The largest absolute Gasteiger partial charge is 0.309 e. The van der Waals surface area contributed by atoms with E-state index in [1.54, 1.807) is 0 Å². The fourth-order valence-corrected chi connectivity index (χ4v) is 8.12. The maximum Gasteiger partial charge on any atom is 0.0998 e. The fourth-order valence-electron chi connectivity index (χ4n) is 8.12. The molecule has 10 aromatic rings. The number of pyridine rings is 1. The summed E-state index contributed by atoms with van der Waals surface area (Å²) in [5.74, 6) is 0. The van der Waals surface area contributed by atoms with E-state index < -0.39 is 0 Å². The van der Waals surface area contributed by atoms with Gasteiger partial charge in [-0.05, 0) is 96.8 Å². The van der Waals surface area contributed by atoms with Crippen molar-refractivity contribution in [2.24, 2.45) is 0 Å². The third-order valence-corrected chi connectivity index (χ3v) is 10.8. The molecule has 0 atom stereocenters. The first-order valence-corrected chi connectivity index (χ1v) is 18.3. The summed E-state index contributed by atoms with van der Waals surface area (Å²) in [6, 6.07) is 58.7. The van der Waals surface area contributed by atoms with Crippen molar-refractivity contribution in [3.63, 3.8) is 0 Å². The van der Waals surface area contributed by atoms with Crippen LogP contribution in [0.4, 0.5) is 0 Å². The van der Waals surface area contributed by atoms with Crippen LogP contribution in [0.1, 0.15) is 16.7 Å². The Balaban J connectivity index is 1.17. The SMILES string of the molecule is Cc1ccc(-c2ccc3c(c2)c2ccccc2n3-c2ccc(C#N)c(-c3cnccc3-n3c4ccccc4c4cc(-c5ccc(C)cc5)ccc43)c2)cc1. The van der Waals surface area contributed by atoms with Gasteiger partial charge in [-0.2, -0.15) is 5.26 Å². The Morgan fingerprint density at radius 2 is 0.981 bits per heavy atom. The molecule has 0 bridgehead atoms. The summed E-state index contributed by atoms with van der Waals surface area (Å²) < 4.78 is 4.64. The zero-order chi connectivity index (χ0) is 36.3. The van der Waals surface area contributed by atoms with Gasteiger partial charge in [0, 0.05) is 50.8 Å². The maximum atomic E-state index is 10.5. The van der Waals surface area contributed by atoms with Crippen molar-refractivity contribution in [1.82, 2.24) is 14.1 Å². The number of aryl methyl sites for hydroxylation is 2. The Kier molecular flexibility index (Phi) is 7.28. The van der Waals surface area contributed by atoms with Gasteiger partial charge in [0.05, 0.1) is 39.4 Å². The van der Waals surface area contributed by atoms with Gasteiger partial charge in [-0.25, -0.2) is 0 Å². The van der Waals surface area contributed by atoms with Crippen LogP contribution in [0.5, 0.6) is 0 Å². The van der Waals surface area contributed by atoms with Crippen molar-refractivity contribution in [1.29, 1.82) is 5.26 Å². The molecule has 0 spiro atoms. The lowest BCUT2D eigenvalue weighted by molar-refractivity contribution is 1.15. The molecule has 3 aromatic heterocycles. The maximum absolute atomic E-state index is 10.5. The molecule has 0 saturated carbocycles. The molecule has 0 N–H and O–H groups in total. The van der Waals surface area contributed by atoms with Crippen LogP contribution in [0, 0.1) is 25.2 Å². The summed E-state index contributed by atoms with van der Waals surface area (Å²) in [4.78, 5) is 4.63. The molecule has 0 aliphatic carbocycles. The van der Waals surface area contributed by atoms with Crippen molar-refractivity contribution in [3.05, 3.63) is 187 Å². The number of nitrogens with zero attached hydrogens (tertiary/aromatic N) is 4. The van der Waals surface area contributed by atoms with Crippen molar-refractivity contribution < 1.29 is 0 Å². The highest BCUT2D eigenvalue weighted by molar-refractivity contribution is 6.12. The van der Waals surface area contributed by atoms with Gasteiger partial charge in [-0.1, -0.05) is 108 Å². The van der Waals surface area contributed by atoms with Crippen LogP contribution >= 0.6 is 0 Å². The summed E-state index contributed by atoms with van der Waals surface area (Å²) in [6.45, 7) is 4.23. The van der Waals surface area contributed by atoms with E-state index in [4.69, 9.17) is 0 Å². The van der Waals surface area contributed by atoms with Crippen LogP contribution in [0.25, 0.3) is 88.4 Å². The number of para-hydroxylation sites is 2. The van der Waals surface area contributed by atoms with Crippen LogP contribution in [0.2, 0.25) is 0 Å². The van der Waals surface area contributed by atoms with Gasteiger partial charge in [0.25, 0.3) is 0 Å². The van der Waals surface area contributed by atoms with Crippen LogP contribution < -0.4 is 0 Å². The van der Waals surface area contributed by atoms with Crippen molar-refractivity contribution in [2.75, 3.05) is 0 Å². The molecule has 4 nitrogen and oxygen atoms in total. The molecule has 0 amide bonds. The lowest BCUT2D eigenvalue weighted by atomic mass is 9.99. The van der Waals surface area contributed by atoms with Crippen LogP contribution in [-0.4, -0.2) is 14.1 Å². The summed E-state index contributed by atoms with van der Waals surface area (Å²) in [5, 5.41) is 15.3. The van der Waals surface area contributed by atoms with Crippen LogP contribution in [0.3, 0.4) is 0 Å². The lowest BCUT2D eigenvalue weighted by Gasteiger charge is -2.16. The topological polar surface area (TPSA) is 46.5 Å². The molecule has 0 unspecified atom stereocenters. The molecule has 3 heterocycles.